The molecule has 0 aromatic carbocycles. The fourth-order valence-corrected chi connectivity index (χ4v) is 18.0. The average molecular weight is 689 g/mol. The van der Waals surface area contributed by atoms with Crippen molar-refractivity contribution in [1.29, 1.82) is 0 Å². The van der Waals surface area contributed by atoms with E-state index >= 15 is 0 Å². The predicted molar refractivity (Wildman–Crippen MR) is 217 cm³/mol. The Labute approximate surface area is 314 Å². The van der Waals surface area contributed by atoms with E-state index < -0.39 is 0 Å². The summed E-state index contributed by atoms with van der Waals surface area (Å²) in [6.45, 7) is 13.1. The minimum absolute atomic E-state index is 0.992. The van der Waals surface area contributed by atoms with Gasteiger partial charge in [-0.15, -0.1) is 0 Å². The highest BCUT2D eigenvalue weighted by Crippen LogP contribution is 2.67. The van der Waals surface area contributed by atoms with E-state index in [4.69, 9.17) is 0 Å². The quantitative estimate of drug-likeness (QED) is 0.276. The maximum absolute atomic E-state index is 2.65. The van der Waals surface area contributed by atoms with Crippen LogP contribution in [0, 0.1) is 107 Å². The van der Waals surface area contributed by atoms with Crippen LogP contribution in [0.15, 0.2) is 0 Å². The standard InChI is InChI=1S/C46H76.2C2H6/c1-3-30-24-25-32(28-29(30)2)33-14-4-7-17-39(33)45-41-20-10-22-43(41)46(44-23-11-21-42(44)45)40-19-9-13-31-12-8-18-35-34(31)26-27-38(40)37-16-6-5-15-36(35)37;2*1-2/h29-46H,3-28H2,1-2H3;2*1-2H3. The zero-order valence-electron chi connectivity index (χ0n) is 34.8. The molecule has 9 fully saturated rings. The molecule has 0 aliphatic heterocycles. The molecule has 0 aromatic rings. The van der Waals surface area contributed by atoms with Gasteiger partial charge in [0, 0.05) is 0 Å². The van der Waals surface area contributed by atoms with Crippen LogP contribution in [-0.4, -0.2) is 0 Å². The Morgan fingerprint density at radius 3 is 1.18 bits per heavy atom. The van der Waals surface area contributed by atoms with Gasteiger partial charge in [0.15, 0.2) is 0 Å². The lowest BCUT2D eigenvalue weighted by molar-refractivity contribution is -0.0933. The third-order valence-electron chi connectivity index (χ3n) is 19.3. The molecule has 0 heterocycles. The summed E-state index contributed by atoms with van der Waals surface area (Å²) < 4.78 is 0. The van der Waals surface area contributed by atoms with Gasteiger partial charge in [-0.05, 0) is 203 Å². The van der Waals surface area contributed by atoms with Gasteiger partial charge < -0.3 is 0 Å². The summed E-state index contributed by atoms with van der Waals surface area (Å²) in [6.07, 6.45) is 41.8. The van der Waals surface area contributed by atoms with Crippen molar-refractivity contribution in [3.8, 4) is 0 Å². The van der Waals surface area contributed by atoms with Gasteiger partial charge in [-0.3, -0.25) is 0 Å². The zero-order chi connectivity index (χ0) is 34.8. The van der Waals surface area contributed by atoms with Gasteiger partial charge in [0.2, 0.25) is 0 Å². The maximum Gasteiger partial charge on any atom is -0.0321 e. The van der Waals surface area contributed by atoms with Crippen molar-refractivity contribution in [2.75, 3.05) is 0 Å². The van der Waals surface area contributed by atoms with Crippen LogP contribution in [0.3, 0.4) is 0 Å². The largest absolute Gasteiger partial charge is 0.0683 e. The predicted octanol–water partition coefficient (Wildman–Crippen LogP) is 15.4. The normalized spacial score (nSPS) is 51.5. The molecule has 0 aromatic heterocycles. The highest BCUT2D eigenvalue weighted by molar-refractivity contribution is 5.08. The number of fused-ring (bicyclic) bond motifs is 7. The van der Waals surface area contributed by atoms with Crippen LogP contribution in [-0.2, 0) is 0 Å². The SMILES string of the molecule is CC.CC.CCC1CCC(C2CCCCC2C2C3CCCC3C(C3CCCC4CCCC5C4CCC3C3CCCCC53)C3CCCC32)CC1C. The second-order valence-corrected chi connectivity index (χ2v) is 20.5. The van der Waals surface area contributed by atoms with Gasteiger partial charge in [-0.1, -0.05) is 112 Å². The summed E-state index contributed by atoms with van der Waals surface area (Å²) in [5.74, 6) is 20.0. The van der Waals surface area contributed by atoms with Crippen LogP contribution in [0.5, 0.6) is 0 Å². The van der Waals surface area contributed by atoms with Crippen molar-refractivity contribution in [1.82, 2.24) is 0 Å². The molecule has 0 heteroatoms. The molecule has 50 heavy (non-hydrogen) atoms. The second-order valence-electron chi connectivity index (χ2n) is 20.5. The van der Waals surface area contributed by atoms with Crippen LogP contribution >= 0.6 is 0 Å². The fraction of sp³-hybridized carbons (Fsp3) is 1.00. The van der Waals surface area contributed by atoms with Gasteiger partial charge >= 0.3 is 0 Å². The molecular weight excluding hydrogens is 601 g/mol. The number of hydrogen-bond acceptors (Lipinski definition) is 0. The van der Waals surface area contributed by atoms with Crippen molar-refractivity contribution >= 4 is 0 Å². The topological polar surface area (TPSA) is 0 Å². The lowest BCUT2D eigenvalue weighted by Gasteiger charge is -2.57. The van der Waals surface area contributed by atoms with Gasteiger partial charge in [0.25, 0.3) is 0 Å². The molecule has 16 atom stereocenters. The third-order valence-corrected chi connectivity index (χ3v) is 19.3. The lowest BCUT2D eigenvalue weighted by atomic mass is 9.47. The van der Waals surface area contributed by atoms with Crippen LogP contribution in [0.2, 0.25) is 0 Å². The van der Waals surface area contributed by atoms with E-state index in [-0.39, 0.29) is 0 Å². The van der Waals surface area contributed by atoms with Gasteiger partial charge in [0.1, 0.15) is 0 Å². The number of rotatable bonds is 4. The van der Waals surface area contributed by atoms with Crippen LogP contribution in [0.4, 0.5) is 0 Å². The lowest BCUT2D eigenvalue weighted by Crippen LogP contribution is -2.52. The van der Waals surface area contributed by atoms with E-state index in [1.54, 1.807) is 161 Å². The van der Waals surface area contributed by atoms with E-state index in [1.807, 2.05) is 27.7 Å². The van der Waals surface area contributed by atoms with E-state index in [1.165, 1.54) is 6.42 Å². The Hall–Kier alpha value is 0. The summed E-state index contributed by atoms with van der Waals surface area (Å²) in [5, 5.41) is 0. The molecule has 0 radical (unpaired) electrons. The maximum atomic E-state index is 2.65. The summed E-state index contributed by atoms with van der Waals surface area (Å²) in [6, 6.07) is 0. The molecule has 9 saturated carbocycles. The van der Waals surface area contributed by atoms with Crippen LogP contribution < -0.4 is 0 Å². The highest BCUT2D eigenvalue weighted by atomic mass is 14.6. The molecule has 2 bridgehead atoms. The van der Waals surface area contributed by atoms with Crippen molar-refractivity contribution in [3.05, 3.63) is 0 Å². The Bertz CT molecular complexity index is 990. The zero-order valence-corrected chi connectivity index (χ0v) is 34.8. The van der Waals surface area contributed by atoms with Gasteiger partial charge in [-0.25, -0.2) is 0 Å². The summed E-state index contributed by atoms with van der Waals surface area (Å²) in [7, 11) is 0. The second kappa shape index (κ2) is 17.6. The summed E-state index contributed by atoms with van der Waals surface area (Å²) >= 11 is 0. The Kier molecular flexibility index (Phi) is 13.5. The first kappa shape index (κ1) is 38.3. The van der Waals surface area contributed by atoms with Gasteiger partial charge in [-0.2, -0.15) is 0 Å². The molecule has 0 amide bonds. The molecule has 0 saturated heterocycles. The minimum atomic E-state index is 0.992. The van der Waals surface area contributed by atoms with E-state index in [9.17, 15) is 0 Å². The highest BCUT2D eigenvalue weighted by Gasteiger charge is 2.60. The Morgan fingerprint density at radius 2 is 0.660 bits per heavy atom. The number of hydrogen-bond donors (Lipinski definition) is 0. The van der Waals surface area contributed by atoms with E-state index in [0.29, 0.717) is 0 Å². The molecule has 16 unspecified atom stereocenters. The molecule has 288 valence electrons. The first-order valence-electron chi connectivity index (χ1n) is 24.7. The van der Waals surface area contributed by atoms with Crippen molar-refractivity contribution in [2.24, 2.45) is 107 Å². The first-order valence-corrected chi connectivity index (χ1v) is 24.7. The Morgan fingerprint density at radius 1 is 0.320 bits per heavy atom. The third kappa shape index (κ3) is 7.12. The van der Waals surface area contributed by atoms with Crippen LogP contribution in [0.25, 0.3) is 0 Å². The molecule has 0 spiro atoms. The first-order chi connectivity index (χ1) is 24.7. The van der Waals surface area contributed by atoms with E-state index in [2.05, 4.69) is 13.8 Å². The van der Waals surface area contributed by atoms with Crippen molar-refractivity contribution < 1.29 is 0 Å². The molecule has 9 aliphatic rings. The molecule has 9 aliphatic carbocycles. The van der Waals surface area contributed by atoms with Gasteiger partial charge in [0.05, 0.1) is 0 Å². The smallest absolute Gasteiger partial charge is 0.0321 e. The Balaban J connectivity index is 0.000000948. The van der Waals surface area contributed by atoms with Crippen LogP contribution in [0.1, 0.15) is 208 Å². The van der Waals surface area contributed by atoms with E-state index in [0.717, 1.165) is 107 Å². The van der Waals surface area contributed by atoms with Crippen molar-refractivity contribution in [3.63, 3.8) is 0 Å². The molecular formula is C50H88. The molecule has 0 nitrogen and oxygen atoms in total. The summed E-state index contributed by atoms with van der Waals surface area (Å²) in [4.78, 5) is 0. The molecule has 0 N–H and O–H groups in total. The summed E-state index contributed by atoms with van der Waals surface area (Å²) in [5.41, 5.74) is 0. The molecule has 9 rings (SSSR count). The average Bonchev–Trinajstić information content (AvgIpc) is 3.84. The minimum Gasteiger partial charge on any atom is -0.0683 e. The fourth-order valence-electron chi connectivity index (χ4n) is 18.0. The monoisotopic (exact) mass is 689 g/mol. The van der Waals surface area contributed by atoms with Crippen molar-refractivity contribution in [2.45, 2.75) is 208 Å².